The maximum atomic E-state index is 12.9. The van der Waals surface area contributed by atoms with Gasteiger partial charge in [-0.1, -0.05) is 0 Å². The van der Waals surface area contributed by atoms with Gasteiger partial charge in [0.2, 0.25) is 10.0 Å². The summed E-state index contributed by atoms with van der Waals surface area (Å²) in [5, 5.41) is 0. The normalized spacial score (nSPS) is 12.8. The van der Waals surface area contributed by atoms with E-state index in [1.165, 1.54) is 6.92 Å². The minimum Gasteiger partial charge on any atom is -0.465 e. The van der Waals surface area contributed by atoms with Gasteiger partial charge >= 0.3 is 18.3 Å². The Bertz CT molecular complexity index is 725. The van der Waals surface area contributed by atoms with Gasteiger partial charge in [0.15, 0.2) is 0 Å². The number of benzene rings is 1. The number of halogens is 6. The zero-order valence-electron chi connectivity index (χ0n) is 13.6. The number of carbonyl (C=O) groups excluding carboxylic acids is 1. The summed E-state index contributed by atoms with van der Waals surface area (Å²) in [5.74, 6) is -1.76. The highest BCUT2D eigenvalue weighted by Crippen LogP contribution is 2.38. The van der Waals surface area contributed by atoms with Crippen LogP contribution in [0.2, 0.25) is 0 Å². The number of ether oxygens (including phenoxy) is 1. The Balaban J connectivity index is 3.61. The van der Waals surface area contributed by atoms with E-state index in [2.05, 4.69) is 4.74 Å². The number of rotatable bonds is 6. The summed E-state index contributed by atoms with van der Waals surface area (Å²) in [5.41, 5.74) is -4.31. The first kappa shape index (κ1) is 22.1. The van der Waals surface area contributed by atoms with Gasteiger partial charge in [0.1, 0.15) is 6.54 Å². The number of anilines is 1. The second-order valence-corrected chi connectivity index (χ2v) is 7.16. The number of esters is 1. The third-order valence-corrected chi connectivity index (χ3v) is 4.88. The van der Waals surface area contributed by atoms with E-state index in [1.807, 2.05) is 0 Å². The second kappa shape index (κ2) is 7.72. The minimum atomic E-state index is -5.15. The molecule has 0 heterocycles. The smallest absolute Gasteiger partial charge is 0.416 e. The molecule has 148 valence electrons. The van der Waals surface area contributed by atoms with Crippen LogP contribution >= 0.6 is 0 Å². The van der Waals surface area contributed by atoms with Crippen LogP contribution in [-0.4, -0.2) is 33.3 Å². The summed E-state index contributed by atoms with van der Waals surface area (Å²) in [6.07, 6.45) is -10.3. The maximum absolute atomic E-state index is 12.9. The van der Waals surface area contributed by atoms with Crippen LogP contribution in [-0.2, 0) is 31.9 Å². The maximum Gasteiger partial charge on any atom is 0.416 e. The van der Waals surface area contributed by atoms with E-state index in [-0.39, 0.29) is 29.1 Å². The average molecular weight is 407 g/mol. The summed E-state index contributed by atoms with van der Waals surface area (Å²) < 4.78 is 107. The summed E-state index contributed by atoms with van der Waals surface area (Å²) in [6, 6.07) is 0.341. The van der Waals surface area contributed by atoms with Gasteiger partial charge in [0.25, 0.3) is 0 Å². The van der Waals surface area contributed by atoms with E-state index in [0.717, 1.165) is 6.92 Å². The average Bonchev–Trinajstić information content (AvgIpc) is 2.50. The van der Waals surface area contributed by atoms with Crippen molar-refractivity contribution in [1.29, 1.82) is 0 Å². The number of alkyl halides is 6. The van der Waals surface area contributed by atoms with Gasteiger partial charge in [0.05, 0.1) is 29.2 Å². The molecular formula is C14H15F6NO4S. The molecule has 0 unspecified atom stereocenters. The monoisotopic (exact) mass is 407 g/mol. The highest BCUT2D eigenvalue weighted by atomic mass is 32.2. The first-order valence-electron chi connectivity index (χ1n) is 7.18. The number of carbonyl (C=O) groups is 1. The lowest BCUT2D eigenvalue weighted by atomic mass is 10.1. The molecule has 0 saturated heterocycles. The van der Waals surface area contributed by atoms with Crippen LogP contribution in [0.3, 0.4) is 0 Å². The SMILES string of the molecule is CCOC(=O)CN(c1cc(C(F)(F)F)cc(C(F)(F)F)c1)S(=O)(=O)CC. The lowest BCUT2D eigenvalue weighted by Crippen LogP contribution is -2.38. The molecule has 0 amide bonds. The molecule has 0 atom stereocenters. The van der Waals surface area contributed by atoms with E-state index < -0.39 is 57.5 Å². The molecular weight excluding hydrogens is 392 g/mol. The van der Waals surface area contributed by atoms with Crippen LogP contribution in [0.15, 0.2) is 18.2 Å². The number of hydrogen-bond donors (Lipinski definition) is 0. The molecule has 0 spiro atoms. The Labute approximate surface area is 145 Å². The number of sulfonamides is 1. The third-order valence-electron chi connectivity index (χ3n) is 3.14. The molecule has 0 saturated carbocycles. The Morgan fingerprint density at radius 1 is 1.00 bits per heavy atom. The number of nitrogens with zero attached hydrogens (tertiary/aromatic N) is 1. The van der Waals surface area contributed by atoms with E-state index in [1.54, 1.807) is 0 Å². The first-order chi connectivity index (χ1) is 11.7. The van der Waals surface area contributed by atoms with E-state index in [4.69, 9.17) is 0 Å². The third kappa shape index (κ3) is 5.51. The van der Waals surface area contributed by atoms with Crippen LogP contribution in [0.25, 0.3) is 0 Å². The highest BCUT2D eigenvalue weighted by Gasteiger charge is 2.38. The predicted octanol–water partition coefficient (Wildman–Crippen LogP) is 3.44. The summed E-state index contributed by atoms with van der Waals surface area (Å²) in [6.45, 7) is 1.34. The van der Waals surface area contributed by atoms with Gasteiger partial charge in [-0.15, -0.1) is 0 Å². The van der Waals surface area contributed by atoms with Crippen LogP contribution in [0.1, 0.15) is 25.0 Å². The van der Waals surface area contributed by atoms with Crippen molar-refractivity contribution in [3.8, 4) is 0 Å². The standard InChI is InChI=1S/C14H15F6NO4S/c1-3-25-12(22)8-21(26(23,24)4-2)11-6-9(13(15,16)17)5-10(7-11)14(18,19)20/h5-7H,3-4,8H2,1-2H3. The fourth-order valence-corrected chi connectivity index (χ4v) is 2.95. The van der Waals surface area contributed by atoms with E-state index in [9.17, 15) is 39.6 Å². The Morgan fingerprint density at radius 2 is 1.46 bits per heavy atom. The summed E-state index contributed by atoms with van der Waals surface area (Å²) in [7, 11) is -4.35. The van der Waals surface area contributed by atoms with Crippen molar-refractivity contribution in [3.05, 3.63) is 29.3 Å². The molecule has 0 radical (unpaired) electrons. The lowest BCUT2D eigenvalue weighted by molar-refractivity contribution is -0.143. The molecule has 5 nitrogen and oxygen atoms in total. The molecule has 0 aliphatic rings. The molecule has 0 N–H and O–H groups in total. The van der Waals surface area contributed by atoms with Gasteiger partial charge in [-0.2, -0.15) is 26.3 Å². The Hall–Kier alpha value is -1.98. The van der Waals surface area contributed by atoms with Gasteiger partial charge in [-0.3, -0.25) is 9.10 Å². The predicted molar refractivity (Wildman–Crippen MR) is 79.9 cm³/mol. The second-order valence-electron chi connectivity index (χ2n) is 4.98. The molecule has 1 rings (SSSR count). The molecule has 0 fully saturated rings. The lowest BCUT2D eigenvalue weighted by Gasteiger charge is -2.25. The van der Waals surface area contributed by atoms with Crippen molar-refractivity contribution in [1.82, 2.24) is 0 Å². The van der Waals surface area contributed by atoms with Crippen molar-refractivity contribution in [3.63, 3.8) is 0 Å². The largest absolute Gasteiger partial charge is 0.465 e. The molecule has 12 heteroatoms. The molecule has 0 aromatic heterocycles. The van der Waals surface area contributed by atoms with Crippen LogP contribution < -0.4 is 4.31 Å². The van der Waals surface area contributed by atoms with Gasteiger partial charge in [-0.05, 0) is 32.0 Å². The molecule has 26 heavy (non-hydrogen) atoms. The summed E-state index contributed by atoms with van der Waals surface area (Å²) in [4.78, 5) is 11.6. The molecule has 0 aliphatic heterocycles. The van der Waals surface area contributed by atoms with Crippen molar-refractivity contribution >= 4 is 21.7 Å². The topological polar surface area (TPSA) is 63.7 Å². The number of hydrogen-bond acceptors (Lipinski definition) is 4. The van der Waals surface area contributed by atoms with Crippen molar-refractivity contribution < 1.29 is 44.3 Å². The zero-order valence-corrected chi connectivity index (χ0v) is 14.4. The van der Waals surface area contributed by atoms with Crippen LogP contribution in [0, 0.1) is 0 Å². The fourth-order valence-electron chi connectivity index (χ4n) is 1.91. The van der Waals surface area contributed by atoms with Crippen molar-refractivity contribution in [2.45, 2.75) is 26.2 Å². The van der Waals surface area contributed by atoms with E-state index in [0.29, 0.717) is 0 Å². The van der Waals surface area contributed by atoms with Gasteiger partial charge in [-0.25, -0.2) is 8.42 Å². The minimum absolute atomic E-state index is 0.134. The van der Waals surface area contributed by atoms with E-state index >= 15 is 0 Å². The summed E-state index contributed by atoms with van der Waals surface area (Å²) >= 11 is 0. The van der Waals surface area contributed by atoms with Gasteiger partial charge in [0, 0.05) is 0 Å². The van der Waals surface area contributed by atoms with Gasteiger partial charge < -0.3 is 4.74 Å². The molecule has 0 bridgehead atoms. The van der Waals surface area contributed by atoms with Crippen LogP contribution in [0.5, 0.6) is 0 Å². The fraction of sp³-hybridized carbons (Fsp3) is 0.500. The zero-order chi connectivity index (χ0) is 20.3. The first-order valence-corrected chi connectivity index (χ1v) is 8.78. The molecule has 0 aliphatic carbocycles. The quantitative estimate of drug-likeness (QED) is 0.535. The molecule has 1 aromatic rings. The Morgan fingerprint density at radius 3 is 1.81 bits per heavy atom. The van der Waals surface area contributed by atoms with Crippen LogP contribution in [0.4, 0.5) is 32.0 Å². The van der Waals surface area contributed by atoms with Crippen molar-refractivity contribution in [2.24, 2.45) is 0 Å². The van der Waals surface area contributed by atoms with Crippen molar-refractivity contribution in [2.75, 3.05) is 23.2 Å². The molecule has 1 aromatic carbocycles. The Kier molecular flexibility index (Phi) is 6.55. The highest BCUT2D eigenvalue weighted by molar-refractivity contribution is 7.92.